The molecule has 1 aliphatic rings. The van der Waals surface area contributed by atoms with E-state index in [9.17, 15) is 9.59 Å². The molecule has 0 saturated heterocycles. The predicted octanol–water partition coefficient (Wildman–Crippen LogP) is 1.68. The fourth-order valence-electron chi connectivity index (χ4n) is 1.82. The number of thioether (sulfide) groups is 1. The van der Waals surface area contributed by atoms with Gasteiger partial charge in [0.15, 0.2) is 0 Å². The van der Waals surface area contributed by atoms with Crippen molar-refractivity contribution in [3.05, 3.63) is 0 Å². The average molecular weight is 274 g/mol. The highest BCUT2D eigenvalue weighted by atomic mass is 32.2. The zero-order valence-corrected chi connectivity index (χ0v) is 11.8. The van der Waals surface area contributed by atoms with E-state index in [0.29, 0.717) is 5.92 Å². The Morgan fingerprint density at radius 3 is 2.56 bits per heavy atom. The van der Waals surface area contributed by atoms with Crippen molar-refractivity contribution in [2.45, 2.75) is 44.7 Å². The summed E-state index contributed by atoms with van der Waals surface area (Å²) in [6, 6.07) is -0.362. The molecule has 104 valence electrons. The Balaban J connectivity index is 2.29. The molecule has 0 bridgehead atoms. The lowest BCUT2D eigenvalue weighted by Crippen LogP contribution is -2.47. The summed E-state index contributed by atoms with van der Waals surface area (Å²) < 4.78 is 0. The number of carbonyl (C=O) groups is 2. The molecule has 1 aliphatic carbocycles. The first kappa shape index (κ1) is 15.1. The van der Waals surface area contributed by atoms with Crippen molar-refractivity contribution in [2.75, 3.05) is 12.0 Å². The van der Waals surface area contributed by atoms with Crippen LogP contribution in [-0.4, -0.2) is 41.2 Å². The molecule has 2 atom stereocenters. The Kier molecular flexibility index (Phi) is 6.32. The van der Waals surface area contributed by atoms with Gasteiger partial charge in [0, 0.05) is 12.1 Å². The first-order chi connectivity index (χ1) is 8.52. The van der Waals surface area contributed by atoms with E-state index >= 15 is 0 Å². The number of carbonyl (C=O) groups excluding carboxylic acids is 1. The Labute approximate surface area is 112 Å². The van der Waals surface area contributed by atoms with Crippen LogP contribution in [0.2, 0.25) is 0 Å². The van der Waals surface area contributed by atoms with E-state index in [1.54, 1.807) is 11.8 Å². The lowest BCUT2D eigenvalue weighted by Gasteiger charge is -2.19. The van der Waals surface area contributed by atoms with E-state index in [-0.39, 0.29) is 24.5 Å². The second-order valence-corrected chi connectivity index (χ2v) is 5.83. The van der Waals surface area contributed by atoms with Crippen LogP contribution in [0, 0.1) is 5.92 Å². The first-order valence-corrected chi connectivity index (χ1v) is 7.70. The van der Waals surface area contributed by atoms with Crippen LogP contribution in [0.1, 0.15) is 32.6 Å². The summed E-state index contributed by atoms with van der Waals surface area (Å²) >= 11 is 1.74. The molecule has 0 aliphatic heterocycles. The number of hydrogen-bond donors (Lipinski definition) is 3. The van der Waals surface area contributed by atoms with Crippen LogP contribution in [0.25, 0.3) is 0 Å². The van der Waals surface area contributed by atoms with Crippen LogP contribution in [0.4, 0.5) is 4.79 Å². The minimum Gasteiger partial charge on any atom is -0.481 e. The van der Waals surface area contributed by atoms with E-state index in [1.807, 2.05) is 13.2 Å². The van der Waals surface area contributed by atoms with E-state index in [0.717, 1.165) is 25.0 Å². The van der Waals surface area contributed by atoms with Crippen LogP contribution in [0.15, 0.2) is 0 Å². The van der Waals surface area contributed by atoms with Crippen molar-refractivity contribution in [3.63, 3.8) is 0 Å². The standard InChI is InChI=1S/C12H22N2O3S/c1-8(5-6-18-2)13-12(17)14-10(7-11(15)16)9-3-4-9/h8-10H,3-7H2,1-2H3,(H,15,16)(H2,13,14,17). The molecule has 1 saturated carbocycles. The molecule has 6 heteroatoms. The SMILES string of the molecule is CSCCC(C)NC(=O)NC(CC(=O)O)C1CC1. The smallest absolute Gasteiger partial charge is 0.315 e. The van der Waals surface area contributed by atoms with Gasteiger partial charge < -0.3 is 15.7 Å². The molecule has 0 radical (unpaired) electrons. The summed E-state index contributed by atoms with van der Waals surface area (Å²) in [4.78, 5) is 22.4. The predicted molar refractivity (Wildman–Crippen MR) is 72.9 cm³/mol. The fourth-order valence-corrected chi connectivity index (χ4v) is 2.41. The molecule has 0 heterocycles. The summed E-state index contributed by atoms with van der Waals surface area (Å²) in [5, 5.41) is 14.4. The van der Waals surface area contributed by atoms with Gasteiger partial charge in [0.05, 0.1) is 6.42 Å². The van der Waals surface area contributed by atoms with Gasteiger partial charge in [0.1, 0.15) is 0 Å². The maximum absolute atomic E-state index is 11.7. The average Bonchev–Trinajstić information content (AvgIpc) is 3.08. The minimum atomic E-state index is -0.859. The summed E-state index contributed by atoms with van der Waals surface area (Å²) in [7, 11) is 0. The second-order valence-electron chi connectivity index (χ2n) is 4.84. The normalized spacial score (nSPS) is 17.9. The molecule has 0 spiro atoms. The van der Waals surface area contributed by atoms with Crippen molar-refractivity contribution < 1.29 is 14.7 Å². The van der Waals surface area contributed by atoms with Gasteiger partial charge in [-0.25, -0.2) is 4.79 Å². The molecule has 0 aromatic rings. The Morgan fingerprint density at radius 1 is 1.39 bits per heavy atom. The number of hydrogen-bond acceptors (Lipinski definition) is 3. The number of carboxylic acid groups (broad SMARTS) is 1. The molecule has 0 aromatic heterocycles. The summed E-state index contributed by atoms with van der Waals surface area (Å²) in [6.45, 7) is 1.96. The van der Waals surface area contributed by atoms with E-state index in [4.69, 9.17) is 5.11 Å². The molecule has 3 N–H and O–H groups in total. The van der Waals surface area contributed by atoms with Gasteiger partial charge in [-0.15, -0.1) is 0 Å². The van der Waals surface area contributed by atoms with Gasteiger partial charge in [-0.05, 0) is 44.1 Å². The Bertz CT molecular complexity index is 295. The van der Waals surface area contributed by atoms with Crippen LogP contribution in [0.5, 0.6) is 0 Å². The lowest BCUT2D eigenvalue weighted by atomic mass is 10.1. The fraction of sp³-hybridized carbons (Fsp3) is 0.833. The van der Waals surface area contributed by atoms with Gasteiger partial charge in [-0.3, -0.25) is 4.79 Å². The highest BCUT2D eigenvalue weighted by Crippen LogP contribution is 2.33. The van der Waals surface area contributed by atoms with Crippen LogP contribution < -0.4 is 10.6 Å². The number of nitrogens with one attached hydrogen (secondary N) is 2. The molecule has 2 unspecified atom stereocenters. The Hall–Kier alpha value is -0.910. The highest BCUT2D eigenvalue weighted by molar-refractivity contribution is 7.98. The molecule has 1 fully saturated rings. The maximum atomic E-state index is 11.7. The lowest BCUT2D eigenvalue weighted by molar-refractivity contribution is -0.137. The zero-order chi connectivity index (χ0) is 13.5. The van der Waals surface area contributed by atoms with Crippen LogP contribution >= 0.6 is 11.8 Å². The minimum absolute atomic E-state index is 0.0112. The second kappa shape index (κ2) is 7.51. The quantitative estimate of drug-likeness (QED) is 0.629. The van der Waals surface area contributed by atoms with Gasteiger partial charge >= 0.3 is 12.0 Å². The number of rotatable bonds is 8. The molecule has 2 amide bonds. The molecule has 5 nitrogen and oxygen atoms in total. The third kappa shape index (κ3) is 6.14. The van der Waals surface area contributed by atoms with Gasteiger partial charge in [0.25, 0.3) is 0 Å². The van der Waals surface area contributed by atoms with E-state index < -0.39 is 5.97 Å². The third-order valence-corrected chi connectivity index (χ3v) is 3.68. The van der Waals surface area contributed by atoms with Crippen LogP contribution in [-0.2, 0) is 4.79 Å². The third-order valence-electron chi connectivity index (χ3n) is 3.03. The topological polar surface area (TPSA) is 78.4 Å². The van der Waals surface area contributed by atoms with Crippen molar-refractivity contribution >= 4 is 23.8 Å². The van der Waals surface area contributed by atoms with Gasteiger partial charge in [0.2, 0.25) is 0 Å². The van der Waals surface area contributed by atoms with E-state index in [2.05, 4.69) is 10.6 Å². The molecular formula is C12H22N2O3S. The molecule has 1 rings (SSSR count). The highest BCUT2D eigenvalue weighted by Gasteiger charge is 2.33. The molecular weight excluding hydrogens is 252 g/mol. The van der Waals surface area contributed by atoms with Gasteiger partial charge in [-0.2, -0.15) is 11.8 Å². The van der Waals surface area contributed by atoms with Crippen molar-refractivity contribution in [1.82, 2.24) is 10.6 Å². The number of carboxylic acids is 1. The molecule has 0 aromatic carbocycles. The van der Waals surface area contributed by atoms with Gasteiger partial charge in [-0.1, -0.05) is 0 Å². The largest absolute Gasteiger partial charge is 0.481 e. The van der Waals surface area contributed by atoms with Crippen LogP contribution in [0.3, 0.4) is 0 Å². The van der Waals surface area contributed by atoms with E-state index in [1.165, 1.54) is 0 Å². The van der Waals surface area contributed by atoms with Crippen molar-refractivity contribution in [1.29, 1.82) is 0 Å². The maximum Gasteiger partial charge on any atom is 0.315 e. The van der Waals surface area contributed by atoms with Crippen molar-refractivity contribution in [3.8, 4) is 0 Å². The van der Waals surface area contributed by atoms with Crippen molar-refractivity contribution in [2.24, 2.45) is 5.92 Å². The summed E-state index contributed by atoms with van der Waals surface area (Å²) in [6.07, 6.45) is 4.99. The summed E-state index contributed by atoms with van der Waals surface area (Å²) in [5.41, 5.74) is 0. The summed E-state index contributed by atoms with van der Waals surface area (Å²) in [5.74, 6) is 0.485. The number of aliphatic carboxylic acids is 1. The first-order valence-electron chi connectivity index (χ1n) is 6.30. The monoisotopic (exact) mass is 274 g/mol. The Morgan fingerprint density at radius 2 is 2.06 bits per heavy atom. The number of urea groups is 1. The number of amides is 2. The molecule has 18 heavy (non-hydrogen) atoms. The zero-order valence-electron chi connectivity index (χ0n) is 10.9.